The van der Waals surface area contributed by atoms with Crippen LogP contribution in [-0.4, -0.2) is 56.0 Å². The van der Waals surface area contributed by atoms with Gasteiger partial charge in [0.1, 0.15) is 0 Å². The summed E-state index contributed by atoms with van der Waals surface area (Å²) < 4.78 is 29.2. The van der Waals surface area contributed by atoms with Crippen LogP contribution in [0.15, 0.2) is 24.3 Å². The third kappa shape index (κ3) is 4.23. The number of carbonyl (C=O) groups is 1. The minimum absolute atomic E-state index is 0.0234. The molecule has 3 rings (SSSR count). The highest BCUT2D eigenvalue weighted by Crippen LogP contribution is 2.26. The molecule has 1 amide bonds. The number of morpholine rings is 1. The number of nitrogens with zero attached hydrogens (tertiary/aromatic N) is 1. The van der Waals surface area contributed by atoms with Crippen molar-refractivity contribution in [1.29, 1.82) is 0 Å². The second kappa shape index (κ2) is 6.72. The van der Waals surface area contributed by atoms with Crippen LogP contribution in [0.3, 0.4) is 0 Å². The highest BCUT2D eigenvalue weighted by atomic mass is 32.2. The Morgan fingerprint density at radius 2 is 1.88 bits per heavy atom. The van der Waals surface area contributed by atoms with E-state index in [0.717, 1.165) is 5.56 Å². The maximum absolute atomic E-state index is 12.6. The fourth-order valence-electron chi connectivity index (χ4n) is 3.59. The molecule has 2 aliphatic heterocycles. The first-order chi connectivity index (χ1) is 11.7. The molecule has 138 valence electrons. The van der Waals surface area contributed by atoms with Gasteiger partial charge in [-0.05, 0) is 23.0 Å². The van der Waals surface area contributed by atoms with Crippen LogP contribution < -0.4 is 0 Å². The van der Waals surface area contributed by atoms with E-state index in [1.807, 2.05) is 0 Å². The largest absolute Gasteiger partial charge is 0.373 e. The van der Waals surface area contributed by atoms with Crippen molar-refractivity contribution in [2.75, 3.05) is 24.7 Å². The molecular formula is C19H27NO4S. The van der Waals surface area contributed by atoms with E-state index < -0.39 is 9.84 Å². The zero-order chi connectivity index (χ0) is 18.2. The summed E-state index contributed by atoms with van der Waals surface area (Å²) >= 11 is 0. The molecule has 0 radical (unpaired) electrons. The first-order valence-electron chi connectivity index (χ1n) is 8.87. The number of aryl methyl sites for hydroxylation is 1. The summed E-state index contributed by atoms with van der Waals surface area (Å²) in [6.07, 6.45) is 0.719. The van der Waals surface area contributed by atoms with Crippen molar-refractivity contribution in [3.05, 3.63) is 35.4 Å². The summed E-state index contributed by atoms with van der Waals surface area (Å²) in [6, 6.07) is 8.09. The highest BCUT2D eigenvalue weighted by Gasteiger charge is 2.45. The first kappa shape index (κ1) is 18.4. The van der Waals surface area contributed by atoms with Gasteiger partial charge < -0.3 is 9.64 Å². The Morgan fingerprint density at radius 3 is 2.52 bits per heavy atom. The van der Waals surface area contributed by atoms with Gasteiger partial charge in [-0.25, -0.2) is 8.42 Å². The summed E-state index contributed by atoms with van der Waals surface area (Å²) in [5.41, 5.74) is 2.52. The van der Waals surface area contributed by atoms with Crippen LogP contribution in [0.25, 0.3) is 0 Å². The molecular weight excluding hydrogens is 338 g/mol. The third-order valence-corrected chi connectivity index (χ3v) is 6.79. The van der Waals surface area contributed by atoms with E-state index in [0.29, 0.717) is 26.0 Å². The predicted octanol–water partition coefficient (Wildman–Crippen LogP) is 1.94. The monoisotopic (exact) mass is 365 g/mol. The summed E-state index contributed by atoms with van der Waals surface area (Å²) in [5, 5.41) is 0. The van der Waals surface area contributed by atoms with Crippen molar-refractivity contribution < 1.29 is 17.9 Å². The second-order valence-corrected chi connectivity index (χ2v) is 10.2. The van der Waals surface area contributed by atoms with Crippen LogP contribution in [0.4, 0.5) is 0 Å². The second-order valence-electron chi connectivity index (χ2n) is 8.09. The molecule has 2 unspecified atom stereocenters. The average molecular weight is 365 g/mol. The molecule has 6 heteroatoms. The lowest BCUT2D eigenvalue weighted by atomic mass is 9.86. The normalized spacial score (nSPS) is 25.6. The van der Waals surface area contributed by atoms with Gasteiger partial charge in [0.2, 0.25) is 5.91 Å². The summed E-state index contributed by atoms with van der Waals surface area (Å²) in [4.78, 5) is 14.4. The molecule has 5 nitrogen and oxygen atoms in total. The number of rotatable bonds is 3. The Bertz CT molecular complexity index is 734. The van der Waals surface area contributed by atoms with Crippen molar-refractivity contribution in [2.24, 2.45) is 0 Å². The van der Waals surface area contributed by atoms with Gasteiger partial charge in [0, 0.05) is 13.0 Å². The molecule has 0 aromatic heterocycles. The van der Waals surface area contributed by atoms with Gasteiger partial charge in [-0.15, -0.1) is 0 Å². The molecule has 2 fully saturated rings. The third-order valence-electron chi connectivity index (χ3n) is 5.10. The number of hydrogen-bond acceptors (Lipinski definition) is 4. The molecule has 2 heterocycles. The maximum atomic E-state index is 12.6. The van der Waals surface area contributed by atoms with Crippen LogP contribution in [0, 0.1) is 0 Å². The average Bonchev–Trinajstić information content (AvgIpc) is 2.85. The Morgan fingerprint density at radius 1 is 1.20 bits per heavy atom. The van der Waals surface area contributed by atoms with E-state index in [1.165, 1.54) is 5.56 Å². The van der Waals surface area contributed by atoms with Gasteiger partial charge >= 0.3 is 0 Å². The minimum Gasteiger partial charge on any atom is -0.373 e. The Balaban J connectivity index is 1.61. The first-order valence-corrected chi connectivity index (χ1v) is 10.7. The van der Waals surface area contributed by atoms with Crippen LogP contribution in [0.2, 0.25) is 0 Å². The van der Waals surface area contributed by atoms with Crippen LogP contribution in [0.5, 0.6) is 0 Å². The van der Waals surface area contributed by atoms with Crippen molar-refractivity contribution in [3.63, 3.8) is 0 Å². The molecule has 1 aromatic carbocycles. The fraction of sp³-hybridized carbons (Fsp3) is 0.632. The van der Waals surface area contributed by atoms with E-state index >= 15 is 0 Å². The number of hydrogen-bond donors (Lipinski definition) is 0. The number of benzene rings is 1. The lowest BCUT2D eigenvalue weighted by Gasteiger charge is -2.36. The van der Waals surface area contributed by atoms with E-state index in [-0.39, 0.29) is 35.0 Å². The van der Waals surface area contributed by atoms with E-state index in [9.17, 15) is 13.2 Å². The van der Waals surface area contributed by atoms with Gasteiger partial charge in [-0.1, -0.05) is 45.0 Å². The van der Waals surface area contributed by atoms with E-state index in [4.69, 9.17) is 4.74 Å². The number of fused-ring (bicyclic) bond motifs is 1. The van der Waals surface area contributed by atoms with Crippen molar-refractivity contribution in [2.45, 2.75) is 51.2 Å². The number of ether oxygens (including phenoxy) is 1. The van der Waals surface area contributed by atoms with Gasteiger partial charge in [-0.3, -0.25) is 4.79 Å². The molecule has 0 aliphatic carbocycles. The van der Waals surface area contributed by atoms with Crippen LogP contribution in [0.1, 0.15) is 38.3 Å². The maximum Gasteiger partial charge on any atom is 0.223 e. The topological polar surface area (TPSA) is 63.7 Å². The quantitative estimate of drug-likeness (QED) is 0.821. The Labute approximate surface area is 150 Å². The zero-order valence-electron chi connectivity index (χ0n) is 15.2. The van der Waals surface area contributed by atoms with E-state index in [1.54, 1.807) is 4.90 Å². The van der Waals surface area contributed by atoms with Crippen LogP contribution >= 0.6 is 0 Å². The standard InChI is InChI=1S/C19H27NO4S/c1-19(2,3)15-7-4-14(5-8-15)6-9-18(21)20-10-11-24-17-13-25(22,23)12-16(17)20/h4-5,7-8,16-17H,6,9-13H2,1-3H3. The summed E-state index contributed by atoms with van der Waals surface area (Å²) in [5.74, 6) is 0.0923. The number of carbonyl (C=O) groups excluding carboxylic acids is 1. The predicted molar refractivity (Wildman–Crippen MR) is 97.4 cm³/mol. The summed E-state index contributed by atoms with van der Waals surface area (Å²) in [6.45, 7) is 7.43. The summed E-state index contributed by atoms with van der Waals surface area (Å²) in [7, 11) is -3.10. The van der Waals surface area contributed by atoms with Crippen molar-refractivity contribution in [1.82, 2.24) is 4.90 Å². The Hall–Kier alpha value is -1.40. The molecule has 1 aromatic rings. The molecule has 0 saturated carbocycles. The van der Waals surface area contributed by atoms with Crippen LogP contribution in [-0.2, 0) is 31.2 Å². The number of amides is 1. The van der Waals surface area contributed by atoms with Gasteiger partial charge in [0.15, 0.2) is 9.84 Å². The SMILES string of the molecule is CC(C)(C)c1ccc(CCC(=O)N2CCOC3CS(=O)(=O)CC32)cc1. The van der Waals surface area contributed by atoms with Crippen molar-refractivity contribution >= 4 is 15.7 Å². The molecule has 2 saturated heterocycles. The number of sulfone groups is 1. The van der Waals surface area contributed by atoms with Gasteiger partial charge in [0.25, 0.3) is 0 Å². The fourth-order valence-corrected chi connectivity index (χ4v) is 5.46. The lowest BCUT2D eigenvalue weighted by molar-refractivity contribution is -0.142. The Kier molecular flexibility index (Phi) is 4.95. The molecule has 0 spiro atoms. The lowest BCUT2D eigenvalue weighted by Crippen LogP contribution is -2.53. The van der Waals surface area contributed by atoms with E-state index in [2.05, 4.69) is 45.0 Å². The molecule has 0 bridgehead atoms. The van der Waals surface area contributed by atoms with Gasteiger partial charge in [-0.2, -0.15) is 0 Å². The van der Waals surface area contributed by atoms with Crippen molar-refractivity contribution in [3.8, 4) is 0 Å². The minimum atomic E-state index is -3.10. The smallest absolute Gasteiger partial charge is 0.223 e. The molecule has 25 heavy (non-hydrogen) atoms. The van der Waals surface area contributed by atoms with Gasteiger partial charge in [0.05, 0.1) is 30.3 Å². The molecule has 2 aliphatic rings. The molecule has 0 N–H and O–H groups in total. The zero-order valence-corrected chi connectivity index (χ0v) is 16.0. The highest BCUT2D eigenvalue weighted by molar-refractivity contribution is 7.91. The molecule has 2 atom stereocenters.